The molecule has 0 saturated carbocycles. The highest BCUT2D eigenvalue weighted by molar-refractivity contribution is 6.38. The van der Waals surface area contributed by atoms with Crippen LogP contribution in [0.25, 0.3) is 0 Å². The number of benzene rings is 2. The van der Waals surface area contributed by atoms with E-state index in [4.69, 9.17) is 51.1 Å². The van der Waals surface area contributed by atoms with Crippen molar-refractivity contribution in [1.82, 2.24) is 0 Å². The van der Waals surface area contributed by atoms with Gasteiger partial charge in [-0.05, 0) is 6.07 Å². The van der Waals surface area contributed by atoms with Gasteiger partial charge in [0.05, 0.1) is 31.0 Å². The van der Waals surface area contributed by atoms with E-state index in [2.05, 4.69) is 0 Å². The molecule has 0 N–H and O–H groups in total. The van der Waals surface area contributed by atoms with Crippen LogP contribution in [-0.2, 0) is 0 Å². The molecule has 0 spiro atoms. The molecule has 0 aliphatic heterocycles. The third kappa shape index (κ3) is 3.76. The standard InChI is InChI=1S/C12H4Cl4N2O5/c13-6-3-7(14)11(4-10(6)18(21)22)23-12-8(15)1-5(17(19)20)2-9(12)16/h1-4H. The molecule has 2 rings (SSSR count). The van der Waals surface area contributed by atoms with Gasteiger partial charge >= 0.3 is 0 Å². The molecule has 2 aromatic carbocycles. The number of halogens is 4. The molecule has 0 radical (unpaired) electrons. The zero-order valence-corrected chi connectivity index (χ0v) is 13.8. The summed E-state index contributed by atoms with van der Waals surface area (Å²) < 4.78 is 5.37. The first kappa shape index (κ1) is 17.6. The van der Waals surface area contributed by atoms with Crippen LogP contribution >= 0.6 is 46.4 Å². The smallest absolute Gasteiger partial charge is 0.291 e. The van der Waals surface area contributed by atoms with Gasteiger partial charge in [-0.2, -0.15) is 0 Å². The number of rotatable bonds is 4. The van der Waals surface area contributed by atoms with E-state index in [0.29, 0.717) is 0 Å². The van der Waals surface area contributed by atoms with Gasteiger partial charge in [-0.15, -0.1) is 0 Å². The van der Waals surface area contributed by atoms with Crippen LogP contribution in [0.5, 0.6) is 11.5 Å². The van der Waals surface area contributed by atoms with Crippen molar-refractivity contribution in [2.45, 2.75) is 0 Å². The molecule has 0 aliphatic rings. The van der Waals surface area contributed by atoms with Gasteiger partial charge in [-0.1, -0.05) is 46.4 Å². The van der Waals surface area contributed by atoms with Gasteiger partial charge in [-0.25, -0.2) is 0 Å². The highest BCUT2D eigenvalue weighted by Crippen LogP contribution is 2.43. The average Bonchev–Trinajstić information content (AvgIpc) is 2.43. The normalized spacial score (nSPS) is 10.4. The van der Waals surface area contributed by atoms with E-state index in [1.807, 2.05) is 0 Å². The number of ether oxygens (including phenoxy) is 1. The first-order valence-electron chi connectivity index (χ1n) is 5.65. The Kier molecular flexibility index (Phi) is 5.16. The number of hydrogen-bond donors (Lipinski definition) is 0. The second kappa shape index (κ2) is 6.76. The molecule has 0 saturated heterocycles. The molecule has 2 aromatic rings. The van der Waals surface area contributed by atoms with Crippen molar-refractivity contribution in [2.24, 2.45) is 0 Å². The van der Waals surface area contributed by atoms with Crippen LogP contribution in [0.15, 0.2) is 24.3 Å². The monoisotopic (exact) mass is 396 g/mol. The molecule has 0 bridgehead atoms. The molecule has 23 heavy (non-hydrogen) atoms. The van der Waals surface area contributed by atoms with Gasteiger partial charge in [0.2, 0.25) is 0 Å². The summed E-state index contributed by atoms with van der Waals surface area (Å²) in [5.74, 6) is -0.252. The maximum Gasteiger partial charge on any atom is 0.291 e. The van der Waals surface area contributed by atoms with Crippen LogP contribution in [0.1, 0.15) is 0 Å². The van der Waals surface area contributed by atoms with Gasteiger partial charge in [0.1, 0.15) is 5.02 Å². The van der Waals surface area contributed by atoms with E-state index < -0.39 is 15.5 Å². The molecule has 0 heterocycles. The van der Waals surface area contributed by atoms with Crippen molar-refractivity contribution in [3.63, 3.8) is 0 Å². The number of hydrogen-bond acceptors (Lipinski definition) is 5. The number of nitrogens with zero attached hydrogens (tertiary/aromatic N) is 2. The van der Waals surface area contributed by atoms with E-state index in [1.165, 1.54) is 0 Å². The first-order valence-corrected chi connectivity index (χ1v) is 7.16. The lowest BCUT2D eigenvalue weighted by Crippen LogP contribution is -1.94. The second-order valence-electron chi connectivity index (χ2n) is 4.09. The SMILES string of the molecule is O=[N+]([O-])c1cc(Cl)c(Oc2cc([N+](=O)[O-])c(Cl)cc2Cl)c(Cl)c1. The lowest BCUT2D eigenvalue weighted by molar-refractivity contribution is -0.385. The van der Waals surface area contributed by atoms with Gasteiger partial charge in [0.25, 0.3) is 11.4 Å². The zero-order chi connectivity index (χ0) is 17.3. The van der Waals surface area contributed by atoms with Crippen LogP contribution in [0.4, 0.5) is 11.4 Å². The van der Waals surface area contributed by atoms with Crippen LogP contribution in [-0.4, -0.2) is 9.85 Å². The minimum atomic E-state index is -0.718. The van der Waals surface area contributed by atoms with Crippen molar-refractivity contribution in [3.05, 3.63) is 64.6 Å². The molecule has 0 atom stereocenters. The molecular formula is C12H4Cl4N2O5. The molecule has 0 unspecified atom stereocenters. The predicted molar refractivity (Wildman–Crippen MR) is 86.3 cm³/mol. The van der Waals surface area contributed by atoms with Crippen LogP contribution < -0.4 is 4.74 Å². The van der Waals surface area contributed by atoms with Gasteiger partial charge in [0, 0.05) is 12.1 Å². The lowest BCUT2D eigenvalue weighted by Gasteiger charge is -2.11. The molecule has 0 fully saturated rings. The maximum absolute atomic E-state index is 10.9. The highest BCUT2D eigenvalue weighted by Gasteiger charge is 2.21. The number of non-ortho nitro benzene ring substituents is 1. The van der Waals surface area contributed by atoms with Gasteiger partial charge in [-0.3, -0.25) is 20.2 Å². The van der Waals surface area contributed by atoms with Crippen molar-refractivity contribution >= 4 is 57.8 Å². The Balaban J connectivity index is 2.49. The minimum absolute atomic E-state index is 0.0221. The fraction of sp³-hybridized carbons (Fsp3) is 0. The lowest BCUT2D eigenvalue weighted by atomic mass is 10.3. The van der Waals surface area contributed by atoms with Crippen molar-refractivity contribution in [3.8, 4) is 11.5 Å². The van der Waals surface area contributed by atoms with Crippen LogP contribution in [0.2, 0.25) is 20.1 Å². The molecule has 11 heteroatoms. The molecule has 0 amide bonds. The predicted octanol–water partition coefficient (Wildman–Crippen LogP) is 5.91. The summed E-state index contributed by atoms with van der Waals surface area (Å²) in [6.45, 7) is 0. The fourth-order valence-corrected chi connectivity index (χ4v) is 2.64. The summed E-state index contributed by atoms with van der Waals surface area (Å²) in [5, 5.41) is 21.1. The van der Waals surface area contributed by atoms with Crippen LogP contribution in [0, 0.1) is 20.2 Å². The average molecular weight is 398 g/mol. The van der Waals surface area contributed by atoms with Crippen molar-refractivity contribution in [1.29, 1.82) is 0 Å². The minimum Gasteiger partial charge on any atom is -0.452 e. The van der Waals surface area contributed by atoms with E-state index >= 15 is 0 Å². The second-order valence-corrected chi connectivity index (χ2v) is 5.72. The summed E-state index contributed by atoms with van der Waals surface area (Å²) in [6, 6.07) is 4.19. The zero-order valence-electron chi connectivity index (χ0n) is 10.8. The van der Waals surface area contributed by atoms with Gasteiger partial charge in [0.15, 0.2) is 11.5 Å². The van der Waals surface area contributed by atoms with E-state index in [1.54, 1.807) is 0 Å². The third-order valence-corrected chi connectivity index (χ3v) is 3.76. The fourth-order valence-electron chi connectivity index (χ4n) is 1.60. The molecule has 0 aromatic heterocycles. The summed E-state index contributed by atoms with van der Waals surface area (Å²) in [6.07, 6.45) is 0. The summed E-state index contributed by atoms with van der Waals surface area (Å²) >= 11 is 23.4. The number of nitro benzene ring substituents is 2. The molecule has 120 valence electrons. The molecular weight excluding hydrogens is 394 g/mol. The number of nitro groups is 2. The maximum atomic E-state index is 10.9. The Hall–Kier alpha value is -1.80. The Morgan fingerprint density at radius 3 is 1.83 bits per heavy atom. The van der Waals surface area contributed by atoms with Crippen LogP contribution in [0.3, 0.4) is 0 Å². The topological polar surface area (TPSA) is 95.5 Å². The van der Waals surface area contributed by atoms with Gasteiger partial charge < -0.3 is 4.74 Å². The molecule has 7 nitrogen and oxygen atoms in total. The summed E-state index contributed by atoms with van der Waals surface area (Å²) in [5.41, 5.74) is -0.763. The Bertz CT molecular complexity index is 804. The van der Waals surface area contributed by atoms with Crippen molar-refractivity contribution < 1.29 is 14.6 Å². The quantitative estimate of drug-likeness (QED) is 0.472. The molecule has 0 aliphatic carbocycles. The Morgan fingerprint density at radius 1 is 0.783 bits per heavy atom. The highest BCUT2D eigenvalue weighted by atomic mass is 35.5. The first-order chi connectivity index (χ1) is 10.7. The van der Waals surface area contributed by atoms with E-state index in [0.717, 1.165) is 24.3 Å². The van der Waals surface area contributed by atoms with E-state index in [-0.39, 0.29) is 37.3 Å². The summed E-state index contributed by atoms with van der Waals surface area (Å²) in [7, 11) is 0. The Labute approximate surface area is 148 Å². The Morgan fingerprint density at radius 2 is 1.35 bits per heavy atom. The largest absolute Gasteiger partial charge is 0.452 e. The van der Waals surface area contributed by atoms with E-state index in [9.17, 15) is 20.2 Å². The third-order valence-electron chi connectivity index (χ3n) is 2.60. The summed E-state index contributed by atoms with van der Waals surface area (Å²) in [4.78, 5) is 20.2. The van der Waals surface area contributed by atoms with Crippen molar-refractivity contribution in [2.75, 3.05) is 0 Å².